The molecule has 2 N–H and O–H groups in total. The van der Waals surface area contributed by atoms with Crippen molar-refractivity contribution in [2.24, 2.45) is 0 Å². The Hall–Kier alpha value is -2.50. The lowest BCUT2D eigenvalue weighted by molar-refractivity contribution is 0.0988. The van der Waals surface area contributed by atoms with Gasteiger partial charge in [-0.3, -0.25) is 9.78 Å². The first-order chi connectivity index (χ1) is 9.50. The smallest absolute Gasteiger partial charge is 0.278 e. The standard InChI is InChI=1S/C14H17N5O/c1-9(2)13-17-8-11(15)12(18-13)14(20)19(3)10-4-6-16-7-5-10/h4-9H,15H2,1-3H3. The topological polar surface area (TPSA) is 85.0 Å². The summed E-state index contributed by atoms with van der Waals surface area (Å²) in [7, 11) is 1.67. The average Bonchev–Trinajstić information content (AvgIpc) is 2.47. The van der Waals surface area contributed by atoms with Gasteiger partial charge in [-0.25, -0.2) is 9.97 Å². The van der Waals surface area contributed by atoms with Crippen molar-refractivity contribution in [3.63, 3.8) is 0 Å². The number of amides is 1. The second-order valence-corrected chi connectivity index (χ2v) is 4.76. The summed E-state index contributed by atoms with van der Waals surface area (Å²) in [5.41, 5.74) is 7.06. The molecule has 0 aliphatic rings. The summed E-state index contributed by atoms with van der Waals surface area (Å²) >= 11 is 0. The zero-order valence-electron chi connectivity index (χ0n) is 11.7. The lowest BCUT2D eigenvalue weighted by Gasteiger charge is -2.18. The Morgan fingerprint density at radius 1 is 1.30 bits per heavy atom. The first-order valence-corrected chi connectivity index (χ1v) is 6.31. The first-order valence-electron chi connectivity index (χ1n) is 6.31. The normalized spacial score (nSPS) is 10.6. The highest BCUT2D eigenvalue weighted by Crippen LogP contribution is 2.18. The molecule has 20 heavy (non-hydrogen) atoms. The number of nitrogens with two attached hydrogens (primary N) is 1. The third kappa shape index (κ3) is 2.74. The van der Waals surface area contributed by atoms with Crippen LogP contribution in [0.3, 0.4) is 0 Å². The van der Waals surface area contributed by atoms with Crippen LogP contribution in [0.5, 0.6) is 0 Å². The second kappa shape index (κ2) is 5.64. The maximum Gasteiger partial charge on any atom is 0.278 e. The number of hydrogen-bond donors (Lipinski definition) is 1. The van der Waals surface area contributed by atoms with Gasteiger partial charge < -0.3 is 10.6 Å². The molecule has 6 nitrogen and oxygen atoms in total. The molecule has 0 aliphatic heterocycles. The van der Waals surface area contributed by atoms with E-state index in [1.807, 2.05) is 13.8 Å². The van der Waals surface area contributed by atoms with Crippen molar-refractivity contribution in [1.29, 1.82) is 0 Å². The molecule has 2 rings (SSSR count). The van der Waals surface area contributed by atoms with Gasteiger partial charge in [-0.2, -0.15) is 0 Å². The van der Waals surface area contributed by atoms with E-state index in [0.717, 1.165) is 5.69 Å². The Balaban J connectivity index is 2.36. The highest BCUT2D eigenvalue weighted by atomic mass is 16.2. The van der Waals surface area contributed by atoms with Gasteiger partial charge in [0.1, 0.15) is 5.82 Å². The lowest BCUT2D eigenvalue weighted by Crippen LogP contribution is -2.28. The summed E-state index contributed by atoms with van der Waals surface area (Å²) in [6, 6.07) is 3.50. The van der Waals surface area contributed by atoms with Gasteiger partial charge in [-0.15, -0.1) is 0 Å². The fraction of sp³-hybridized carbons (Fsp3) is 0.286. The highest BCUT2D eigenvalue weighted by molar-refractivity contribution is 6.07. The van der Waals surface area contributed by atoms with Crippen LogP contribution in [0.4, 0.5) is 11.4 Å². The minimum atomic E-state index is -0.266. The average molecular weight is 271 g/mol. The van der Waals surface area contributed by atoms with E-state index in [4.69, 9.17) is 5.73 Å². The number of carbonyl (C=O) groups is 1. The van der Waals surface area contributed by atoms with Crippen LogP contribution < -0.4 is 10.6 Å². The molecule has 2 heterocycles. The molecule has 0 saturated carbocycles. The van der Waals surface area contributed by atoms with E-state index >= 15 is 0 Å². The molecule has 104 valence electrons. The van der Waals surface area contributed by atoms with Crippen LogP contribution in [0, 0.1) is 0 Å². The van der Waals surface area contributed by atoms with Crippen LogP contribution >= 0.6 is 0 Å². The third-order valence-corrected chi connectivity index (χ3v) is 2.91. The zero-order valence-corrected chi connectivity index (χ0v) is 11.7. The van der Waals surface area contributed by atoms with Crippen LogP contribution in [-0.4, -0.2) is 27.9 Å². The van der Waals surface area contributed by atoms with E-state index < -0.39 is 0 Å². The summed E-state index contributed by atoms with van der Waals surface area (Å²) in [6.45, 7) is 3.93. The number of aromatic nitrogens is 3. The molecule has 0 aromatic carbocycles. The Bertz CT molecular complexity index is 612. The number of nitrogens with zero attached hydrogens (tertiary/aromatic N) is 4. The van der Waals surface area contributed by atoms with E-state index in [9.17, 15) is 4.79 Å². The maximum absolute atomic E-state index is 12.5. The van der Waals surface area contributed by atoms with Crippen LogP contribution in [0.1, 0.15) is 36.1 Å². The molecule has 2 aromatic rings. The lowest BCUT2D eigenvalue weighted by atomic mass is 10.2. The van der Waals surface area contributed by atoms with Gasteiger partial charge in [0, 0.05) is 31.0 Å². The molecule has 0 spiro atoms. The number of pyridine rings is 1. The largest absolute Gasteiger partial charge is 0.396 e. The van der Waals surface area contributed by atoms with E-state index in [2.05, 4.69) is 15.0 Å². The molecular formula is C14H17N5O. The predicted molar refractivity (Wildman–Crippen MR) is 77.5 cm³/mol. The van der Waals surface area contributed by atoms with Crippen LogP contribution in [-0.2, 0) is 0 Å². The van der Waals surface area contributed by atoms with Gasteiger partial charge in [-0.1, -0.05) is 13.8 Å². The molecule has 0 atom stereocenters. The van der Waals surface area contributed by atoms with Crippen molar-refractivity contribution < 1.29 is 4.79 Å². The Kier molecular flexibility index (Phi) is 3.93. The maximum atomic E-state index is 12.5. The van der Waals surface area contributed by atoms with Gasteiger partial charge in [0.05, 0.1) is 11.9 Å². The van der Waals surface area contributed by atoms with Crippen LogP contribution in [0.15, 0.2) is 30.7 Å². The van der Waals surface area contributed by atoms with E-state index in [0.29, 0.717) is 5.82 Å². The first kappa shape index (κ1) is 13.9. The number of nitrogen functional groups attached to an aromatic ring is 1. The Labute approximate surface area is 117 Å². The SMILES string of the molecule is CC(C)c1ncc(N)c(C(=O)N(C)c2ccncc2)n1. The minimum absolute atomic E-state index is 0.133. The third-order valence-electron chi connectivity index (χ3n) is 2.91. The Morgan fingerprint density at radius 3 is 2.55 bits per heavy atom. The summed E-state index contributed by atoms with van der Waals surface area (Å²) in [4.78, 5) is 26.3. The van der Waals surface area contributed by atoms with Crippen molar-refractivity contribution in [3.05, 3.63) is 42.2 Å². The molecule has 0 bridgehead atoms. The fourth-order valence-corrected chi connectivity index (χ4v) is 1.70. The summed E-state index contributed by atoms with van der Waals surface area (Å²) < 4.78 is 0. The summed E-state index contributed by atoms with van der Waals surface area (Å²) in [5.74, 6) is 0.469. The monoisotopic (exact) mass is 271 g/mol. The van der Waals surface area contributed by atoms with Crippen molar-refractivity contribution in [2.45, 2.75) is 19.8 Å². The van der Waals surface area contributed by atoms with Crippen molar-refractivity contribution in [1.82, 2.24) is 15.0 Å². The van der Waals surface area contributed by atoms with Gasteiger partial charge in [-0.05, 0) is 12.1 Å². The molecule has 0 radical (unpaired) electrons. The molecule has 0 fully saturated rings. The van der Waals surface area contributed by atoms with E-state index in [-0.39, 0.29) is 23.2 Å². The van der Waals surface area contributed by atoms with Gasteiger partial charge >= 0.3 is 0 Å². The van der Waals surface area contributed by atoms with Gasteiger partial charge in [0.2, 0.25) is 0 Å². The number of hydrogen-bond acceptors (Lipinski definition) is 5. The molecule has 1 amide bonds. The molecule has 6 heteroatoms. The van der Waals surface area contributed by atoms with Crippen molar-refractivity contribution >= 4 is 17.3 Å². The summed E-state index contributed by atoms with van der Waals surface area (Å²) in [5, 5.41) is 0. The summed E-state index contributed by atoms with van der Waals surface area (Å²) in [6.07, 6.45) is 4.74. The van der Waals surface area contributed by atoms with E-state index in [1.165, 1.54) is 11.1 Å². The quantitative estimate of drug-likeness (QED) is 0.920. The molecule has 0 unspecified atom stereocenters. The minimum Gasteiger partial charge on any atom is -0.396 e. The number of anilines is 2. The molecule has 0 saturated heterocycles. The molecular weight excluding hydrogens is 254 g/mol. The number of carbonyl (C=O) groups excluding carboxylic acids is 1. The second-order valence-electron chi connectivity index (χ2n) is 4.76. The highest BCUT2D eigenvalue weighted by Gasteiger charge is 2.19. The number of rotatable bonds is 3. The fourth-order valence-electron chi connectivity index (χ4n) is 1.70. The Morgan fingerprint density at radius 2 is 1.95 bits per heavy atom. The van der Waals surface area contributed by atoms with Gasteiger partial charge in [0.25, 0.3) is 5.91 Å². The zero-order chi connectivity index (χ0) is 14.7. The van der Waals surface area contributed by atoms with E-state index in [1.54, 1.807) is 31.6 Å². The van der Waals surface area contributed by atoms with Crippen LogP contribution in [0.2, 0.25) is 0 Å². The van der Waals surface area contributed by atoms with Crippen LogP contribution in [0.25, 0.3) is 0 Å². The van der Waals surface area contributed by atoms with Crippen molar-refractivity contribution in [3.8, 4) is 0 Å². The van der Waals surface area contributed by atoms with Gasteiger partial charge in [0.15, 0.2) is 5.69 Å². The van der Waals surface area contributed by atoms with Crippen molar-refractivity contribution in [2.75, 3.05) is 17.7 Å². The predicted octanol–water partition coefficient (Wildman–Crippen LogP) is 1.85. The molecule has 2 aromatic heterocycles. The molecule has 0 aliphatic carbocycles.